The van der Waals surface area contributed by atoms with Gasteiger partial charge in [0.25, 0.3) is 5.91 Å². The number of nitrogens with one attached hydrogen (secondary N) is 1. The molecule has 0 aliphatic heterocycles. The number of hydrogen-bond acceptors (Lipinski definition) is 7. The Hall–Kier alpha value is -3.43. The molecule has 0 unspecified atom stereocenters. The van der Waals surface area contributed by atoms with Crippen molar-refractivity contribution in [3.63, 3.8) is 0 Å². The average molecular weight is 368 g/mol. The first-order valence-corrected chi connectivity index (χ1v) is 8.31. The number of aromatic nitrogens is 7. The van der Waals surface area contributed by atoms with Crippen molar-refractivity contribution in [1.29, 1.82) is 0 Å². The van der Waals surface area contributed by atoms with Crippen LogP contribution in [-0.4, -0.2) is 46.9 Å². The van der Waals surface area contributed by atoms with Crippen LogP contribution >= 0.6 is 0 Å². The molecule has 1 amide bonds. The van der Waals surface area contributed by atoms with E-state index in [9.17, 15) is 9.59 Å². The fraction of sp³-hybridized carbons (Fsp3) is 0.353. The summed E-state index contributed by atoms with van der Waals surface area (Å²) in [4.78, 5) is 24.5. The minimum absolute atomic E-state index is 0.00402. The molecule has 0 bridgehead atoms. The molecule has 0 saturated heterocycles. The second-order valence-corrected chi connectivity index (χ2v) is 7.14. The zero-order valence-corrected chi connectivity index (χ0v) is 15.5. The number of carbonyl (C=O) groups is 2. The van der Waals surface area contributed by atoms with Gasteiger partial charge in [0.05, 0.1) is 6.20 Å². The summed E-state index contributed by atoms with van der Waals surface area (Å²) >= 11 is 0. The first kappa shape index (κ1) is 18.4. The lowest BCUT2D eigenvalue weighted by Gasteiger charge is -2.15. The van der Waals surface area contributed by atoms with Crippen molar-refractivity contribution in [2.24, 2.45) is 12.5 Å². The Morgan fingerprint density at radius 2 is 1.93 bits per heavy atom. The number of amides is 1. The van der Waals surface area contributed by atoms with Gasteiger partial charge in [0.2, 0.25) is 0 Å². The quantitative estimate of drug-likeness (QED) is 0.721. The van der Waals surface area contributed by atoms with Gasteiger partial charge in [0, 0.05) is 23.7 Å². The number of aryl methyl sites for hydroxylation is 1. The maximum absolute atomic E-state index is 12.4. The lowest BCUT2D eigenvalue weighted by molar-refractivity contribution is -0.127. The van der Waals surface area contributed by atoms with Gasteiger partial charge in [0.15, 0.2) is 17.3 Å². The first-order valence-electron chi connectivity index (χ1n) is 8.31. The number of carbonyl (C=O) groups excluding carboxylic acids is 2. The molecule has 27 heavy (non-hydrogen) atoms. The molecule has 10 nitrogen and oxygen atoms in total. The van der Waals surface area contributed by atoms with Crippen LogP contribution in [0.1, 0.15) is 31.3 Å². The maximum Gasteiger partial charge on any atom is 0.277 e. The second-order valence-electron chi connectivity index (χ2n) is 7.14. The van der Waals surface area contributed by atoms with E-state index >= 15 is 0 Å². The van der Waals surface area contributed by atoms with Crippen molar-refractivity contribution in [1.82, 2.24) is 35.2 Å². The Balaban J connectivity index is 1.71. The molecule has 1 N–H and O–H groups in total. The number of hydrogen-bond donors (Lipinski definition) is 1. The van der Waals surface area contributed by atoms with E-state index < -0.39 is 11.3 Å². The van der Waals surface area contributed by atoms with Gasteiger partial charge in [-0.05, 0) is 22.6 Å². The Bertz CT molecular complexity index is 983. The van der Waals surface area contributed by atoms with E-state index in [0.717, 1.165) is 5.56 Å². The van der Waals surface area contributed by atoms with Crippen LogP contribution in [0.2, 0.25) is 0 Å². The van der Waals surface area contributed by atoms with Crippen molar-refractivity contribution in [3.05, 3.63) is 36.2 Å². The summed E-state index contributed by atoms with van der Waals surface area (Å²) in [5.74, 6) is 0.166. The number of tetrazole rings is 1. The molecule has 0 spiro atoms. The Morgan fingerprint density at radius 3 is 2.59 bits per heavy atom. The third-order valence-electron chi connectivity index (χ3n) is 3.91. The molecule has 2 heterocycles. The summed E-state index contributed by atoms with van der Waals surface area (Å²) in [6.45, 7) is 5.57. The van der Waals surface area contributed by atoms with Crippen LogP contribution < -0.4 is 5.32 Å². The average Bonchev–Trinajstić information content (AvgIpc) is 3.23. The monoisotopic (exact) mass is 368 g/mol. The number of benzene rings is 1. The zero-order valence-electron chi connectivity index (χ0n) is 15.5. The zero-order chi connectivity index (χ0) is 19.6. The van der Waals surface area contributed by atoms with Gasteiger partial charge in [-0.2, -0.15) is 0 Å². The van der Waals surface area contributed by atoms with Crippen LogP contribution in [0.15, 0.2) is 30.5 Å². The van der Waals surface area contributed by atoms with Crippen molar-refractivity contribution < 1.29 is 9.59 Å². The fourth-order valence-corrected chi connectivity index (χ4v) is 2.27. The summed E-state index contributed by atoms with van der Waals surface area (Å²) in [5.41, 5.74) is 0.978. The molecule has 140 valence electrons. The Morgan fingerprint density at radius 1 is 1.15 bits per heavy atom. The van der Waals surface area contributed by atoms with E-state index in [1.807, 2.05) is 26.8 Å². The van der Waals surface area contributed by atoms with Crippen LogP contribution in [-0.2, 0) is 18.4 Å². The van der Waals surface area contributed by atoms with E-state index in [-0.39, 0.29) is 18.0 Å². The van der Waals surface area contributed by atoms with Gasteiger partial charge >= 0.3 is 0 Å². The minimum atomic E-state index is -0.483. The van der Waals surface area contributed by atoms with Gasteiger partial charge in [-0.1, -0.05) is 38.1 Å². The van der Waals surface area contributed by atoms with Crippen LogP contribution in [0.3, 0.4) is 0 Å². The molecule has 0 fully saturated rings. The van der Waals surface area contributed by atoms with Gasteiger partial charge in [-0.15, -0.1) is 10.2 Å². The summed E-state index contributed by atoms with van der Waals surface area (Å²) in [6.07, 6.45) is 1.45. The molecule has 0 aliphatic rings. The topological polar surface area (TPSA) is 120 Å². The molecule has 2 aromatic heterocycles. The summed E-state index contributed by atoms with van der Waals surface area (Å²) < 4.78 is 2.91. The minimum Gasteiger partial charge on any atom is -0.321 e. The van der Waals surface area contributed by atoms with Crippen molar-refractivity contribution in [3.8, 4) is 11.4 Å². The van der Waals surface area contributed by atoms with Crippen LogP contribution in [0.5, 0.6) is 0 Å². The molecule has 3 aromatic rings. The van der Waals surface area contributed by atoms with E-state index in [1.54, 1.807) is 29.9 Å². The van der Waals surface area contributed by atoms with Crippen molar-refractivity contribution in [2.75, 3.05) is 5.32 Å². The molecular formula is C17H20N8O2. The molecule has 1 aromatic carbocycles. The van der Waals surface area contributed by atoms with Gasteiger partial charge in [-0.3, -0.25) is 9.59 Å². The number of anilines is 1. The van der Waals surface area contributed by atoms with E-state index in [1.165, 1.54) is 10.9 Å². The second kappa shape index (κ2) is 7.06. The molecule has 10 heteroatoms. The maximum atomic E-state index is 12.4. The predicted octanol–water partition coefficient (Wildman–Crippen LogP) is 1.34. The predicted molar refractivity (Wildman–Crippen MR) is 96.7 cm³/mol. The third-order valence-corrected chi connectivity index (χ3v) is 3.91. The molecular weight excluding hydrogens is 348 g/mol. The summed E-state index contributed by atoms with van der Waals surface area (Å²) in [5, 5.41) is 21.8. The van der Waals surface area contributed by atoms with E-state index in [2.05, 4.69) is 31.2 Å². The van der Waals surface area contributed by atoms with E-state index in [0.29, 0.717) is 11.5 Å². The lowest BCUT2D eigenvalue weighted by Crippen LogP contribution is -2.25. The molecule has 0 radical (unpaired) electrons. The highest BCUT2D eigenvalue weighted by molar-refractivity contribution is 6.02. The number of Topliss-reactive ketones (excluding diaryl/α,β-unsaturated/α-hetero) is 1. The van der Waals surface area contributed by atoms with Crippen molar-refractivity contribution in [2.45, 2.75) is 27.3 Å². The standard InChI is InChI=1S/C17H20N8O2/c1-17(2,3)14(26)10-25-9-13(19-22-25)16(27)18-12-7-5-6-11(8-12)15-20-21-23-24(15)4/h5-9H,10H2,1-4H3,(H,18,27). The fourth-order valence-electron chi connectivity index (χ4n) is 2.27. The summed E-state index contributed by atoms with van der Waals surface area (Å²) in [6, 6.07) is 7.14. The molecule has 3 rings (SSSR count). The van der Waals surface area contributed by atoms with E-state index in [4.69, 9.17) is 0 Å². The van der Waals surface area contributed by atoms with Gasteiger partial charge < -0.3 is 5.32 Å². The molecule has 0 saturated carbocycles. The van der Waals surface area contributed by atoms with Crippen LogP contribution in [0, 0.1) is 5.41 Å². The molecule has 0 aliphatic carbocycles. The Labute approximate surface area is 155 Å². The molecule has 0 atom stereocenters. The number of nitrogens with zero attached hydrogens (tertiary/aromatic N) is 7. The highest BCUT2D eigenvalue weighted by atomic mass is 16.2. The third kappa shape index (κ3) is 4.22. The van der Waals surface area contributed by atoms with Crippen molar-refractivity contribution >= 4 is 17.4 Å². The lowest BCUT2D eigenvalue weighted by atomic mass is 9.91. The normalized spacial score (nSPS) is 11.4. The van der Waals surface area contributed by atoms with Crippen LogP contribution in [0.4, 0.5) is 5.69 Å². The van der Waals surface area contributed by atoms with Gasteiger partial charge in [0.1, 0.15) is 6.54 Å². The van der Waals surface area contributed by atoms with Gasteiger partial charge in [-0.25, -0.2) is 9.36 Å². The first-order chi connectivity index (χ1) is 12.7. The highest BCUT2D eigenvalue weighted by Gasteiger charge is 2.22. The smallest absolute Gasteiger partial charge is 0.277 e. The number of rotatable bonds is 5. The SMILES string of the molecule is Cn1nnnc1-c1cccc(NC(=O)c2cn(CC(=O)C(C)(C)C)nn2)c1. The Kier molecular flexibility index (Phi) is 4.80. The number of ketones is 1. The highest BCUT2D eigenvalue weighted by Crippen LogP contribution is 2.20. The summed E-state index contributed by atoms with van der Waals surface area (Å²) in [7, 11) is 1.73. The van der Waals surface area contributed by atoms with Crippen LogP contribution in [0.25, 0.3) is 11.4 Å². The largest absolute Gasteiger partial charge is 0.321 e.